The fourth-order valence-electron chi connectivity index (χ4n) is 3.12. The minimum atomic E-state index is -3.84. The zero-order valence-electron chi connectivity index (χ0n) is 15.8. The van der Waals surface area contributed by atoms with Gasteiger partial charge in [0.15, 0.2) is 0 Å². The van der Waals surface area contributed by atoms with Gasteiger partial charge in [-0.1, -0.05) is 36.4 Å². The topological polar surface area (TPSA) is 87.7 Å². The van der Waals surface area contributed by atoms with Gasteiger partial charge in [-0.05, 0) is 17.7 Å². The second kappa shape index (κ2) is 10.1. The van der Waals surface area contributed by atoms with Crippen molar-refractivity contribution in [3.8, 4) is 0 Å². The number of benzene rings is 2. The maximum atomic E-state index is 14.2. The molecule has 1 aliphatic heterocycles. The number of carbonyl (C=O) groups excluding carboxylic acids is 1. The molecule has 1 heterocycles. The standard InChI is InChI=1S/C19H22FN3O4S.ClH/c1-27-19(24)15-7-8-16(17(20)11-15)12-22-28(25,26)23-10-9-21-13-18(23)14-5-3-2-4-6-14;/h2-8,11,18,21-22H,9-10,12-13H2,1H3;1H. The third kappa shape index (κ3) is 5.52. The molecule has 0 amide bonds. The maximum absolute atomic E-state index is 14.2. The minimum Gasteiger partial charge on any atom is -0.465 e. The van der Waals surface area contributed by atoms with Crippen molar-refractivity contribution >= 4 is 28.6 Å². The molecule has 0 bridgehead atoms. The molecule has 1 aliphatic rings. The molecule has 0 saturated carbocycles. The zero-order chi connectivity index (χ0) is 20.1. The van der Waals surface area contributed by atoms with Crippen LogP contribution in [0.4, 0.5) is 4.39 Å². The number of halogens is 2. The SMILES string of the molecule is COC(=O)c1ccc(CNS(=O)(=O)N2CCNCC2c2ccccc2)c(F)c1.Cl. The van der Waals surface area contributed by atoms with Crippen molar-refractivity contribution in [3.05, 3.63) is 71.0 Å². The van der Waals surface area contributed by atoms with E-state index in [2.05, 4.69) is 14.8 Å². The lowest BCUT2D eigenvalue weighted by Crippen LogP contribution is -2.52. The van der Waals surface area contributed by atoms with E-state index in [1.165, 1.54) is 23.5 Å². The molecule has 0 radical (unpaired) electrons. The summed E-state index contributed by atoms with van der Waals surface area (Å²) in [6, 6.07) is 12.8. The predicted molar refractivity (Wildman–Crippen MR) is 110 cm³/mol. The van der Waals surface area contributed by atoms with Crippen molar-refractivity contribution in [1.82, 2.24) is 14.3 Å². The molecular formula is C19H23ClFN3O4S. The number of hydrogen-bond acceptors (Lipinski definition) is 5. The number of nitrogens with zero attached hydrogens (tertiary/aromatic N) is 1. The molecule has 0 aliphatic carbocycles. The van der Waals surface area contributed by atoms with Gasteiger partial charge in [-0.3, -0.25) is 0 Å². The molecule has 1 unspecified atom stereocenters. The lowest BCUT2D eigenvalue weighted by atomic mass is 10.1. The van der Waals surface area contributed by atoms with Gasteiger partial charge in [0, 0.05) is 31.7 Å². The van der Waals surface area contributed by atoms with Crippen LogP contribution in [0.15, 0.2) is 48.5 Å². The third-order valence-electron chi connectivity index (χ3n) is 4.61. The first-order chi connectivity index (χ1) is 13.4. The summed E-state index contributed by atoms with van der Waals surface area (Å²) >= 11 is 0. The van der Waals surface area contributed by atoms with E-state index in [0.717, 1.165) is 11.6 Å². The maximum Gasteiger partial charge on any atom is 0.337 e. The van der Waals surface area contributed by atoms with E-state index in [1.807, 2.05) is 30.3 Å². The average molecular weight is 444 g/mol. The van der Waals surface area contributed by atoms with Gasteiger partial charge in [0.1, 0.15) is 5.82 Å². The van der Waals surface area contributed by atoms with Crippen LogP contribution in [0.1, 0.15) is 27.5 Å². The molecule has 29 heavy (non-hydrogen) atoms. The Hall–Kier alpha value is -2.04. The summed E-state index contributed by atoms with van der Waals surface area (Å²) < 4.78 is 48.4. The Bertz CT molecular complexity index is 944. The van der Waals surface area contributed by atoms with Crippen LogP contribution in [-0.4, -0.2) is 45.4 Å². The molecule has 1 fully saturated rings. The lowest BCUT2D eigenvalue weighted by Gasteiger charge is -2.35. The van der Waals surface area contributed by atoms with E-state index in [1.54, 1.807) is 0 Å². The molecule has 3 rings (SSSR count). The molecule has 0 aromatic heterocycles. The molecule has 158 valence electrons. The Balaban J connectivity index is 0.00000300. The first-order valence-corrected chi connectivity index (χ1v) is 10.2. The van der Waals surface area contributed by atoms with Gasteiger partial charge in [-0.25, -0.2) is 9.18 Å². The number of hydrogen-bond donors (Lipinski definition) is 2. The van der Waals surface area contributed by atoms with Crippen molar-refractivity contribution in [2.45, 2.75) is 12.6 Å². The lowest BCUT2D eigenvalue weighted by molar-refractivity contribution is 0.0600. The summed E-state index contributed by atoms with van der Waals surface area (Å²) in [5.41, 5.74) is 1.09. The number of methoxy groups -OCH3 is 1. The number of esters is 1. The smallest absolute Gasteiger partial charge is 0.337 e. The Kier molecular flexibility index (Phi) is 8.12. The number of ether oxygens (including phenoxy) is 1. The molecule has 1 atom stereocenters. The van der Waals surface area contributed by atoms with E-state index >= 15 is 0 Å². The molecule has 2 aromatic carbocycles. The normalized spacial score (nSPS) is 17.4. The van der Waals surface area contributed by atoms with Crippen molar-refractivity contribution < 1.29 is 22.3 Å². The van der Waals surface area contributed by atoms with Crippen LogP contribution >= 0.6 is 12.4 Å². The van der Waals surface area contributed by atoms with Gasteiger partial charge in [0.2, 0.25) is 0 Å². The Labute approximate surface area is 175 Å². The second-order valence-corrected chi connectivity index (χ2v) is 8.07. The number of piperazine rings is 1. The van der Waals surface area contributed by atoms with Crippen molar-refractivity contribution in [3.63, 3.8) is 0 Å². The summed E-state index contributed by atoms with van der Waals surface area (Å²) in [5.74, 6) is -1.33. The fraction of sp³-hybridized carbons (Fsp3) is 0.316. The van der Waals surface area contributed by atoms with Gasteiger partial charge in [-0.15, -0.1) is 12.4 Å². The first-order valence-electron chi connectivity index (χ1n) is 8.81. The van der Waals surface area contributed by atoms with Crippen LogP contribution in [0.25, 0.3) is 0 Å². The monoisotopic (exact) mass is 443 g/mol. The Morgan fingerprint density at radius 1 is 1.28 bits per heavy atom. The van der Waals surface area contributed by atoms with Crippen LogP contribution in [0.2, 0.25) is 0 Å². The van der Waals surface area contributed by atoms with Gasteiger partial charge < -0.3 is 10.1 Å². The minimum absolute atomic E-state index is 0. The highest BCUT2D eigenvalue weighted by atomic mass is 35.5. The summed E-state index contributed by atoms with van der Waals surface area (Å²) in [6.45, 7) is 1.11. The molecule has 2 aromatic rings. The summed E-state index contributed by atoms with van der Waals surface area (Å²) in [6.07, 6.45) is 0. The van der Waals surface area contributed by atoms with Gasteiger partial charge in [0.25, 0.3) is 10.2 Å². The van der Waals surface area contributed by atoms with E-state index in [9.17, 15) is 17.6 Å². The highest BCUT2D eigenvalue weighted by molar-refractivity contribution is 7.87. The van der Waals surface area contributed by atoms with Gasteiger partial charge in [-0.2, -0.15) is 17.4 Å². The van der Waals surface area contributed by atoms with E-state index in [0.29, 0.717) is 19.6 Å². The molecule has 1 saturated heterocycles. The van der Waals surface area contributed by atoms with Gasteiger partial charge in [0.05, 0.1) is 18.7 Å². The van der Waals surface area contributed by atoms with Crippen LogP contribution in [0.3, 0.4) is 0 Å². The van der Waals surface area contributed by atoms with Crippen LogP contribution in [0.5, 0.6) is 0 Å². The predicted octanol–water partition coefficient (Wildman–Crippen LogP) is 2.02. The van der Waals surface area contributed by atoms with Crippen LogP contribution < -0.4 is 10.0 Å². The molecule has 0 spiro atoms. The number of nitrogens with one attached hydrogen (secondary N) is 2. The zero-order valence-corrected chi connectivity index (χ0v) is 17.4. The molecule has 7 nitrogen and oxygen atoms in total. The van der Waals surface area contributed by atoms with Crippen molar-refractivity contribution in [1.29, 1.82) is 0 Å². The van der Waals surface area contributed by atoms with Gasteiger partial charge >= 0.3 is 5.97 Å². The van der Waals surface area contributed by atoms with E-state index in [-0.39, 0.29) is 36.1 Å². The van der Waals surface area contributed by atoms with Crippen molar-refractivity contribution in [2.75, 3.05) is 26.7 Å². The molecule has 2 N–H and O–H groups in total. The first kappa shape index (κ1) is 23.2. The Morgan fingerprint density at radius 3 is 2.66 bits per heavy atom. The van der Waals surface area contributed by atoms with Crippen molar-refractivity contribution in [2.24, 2.45) is 0 Å². The average Bonchev–Trinajstić information content (AvgIpc) is 2.73. The summed E-state index contributed by atoms with van der Waals surface area (Å²) in [5, 5.41) is 3.20. The quantitative estimate of drug-likeness (QED) is 0.667. The fourth-order valence-corrected chi connectivity index (χ4v) is 4.49. The molecule has 10 heteroatoms. The molecular weight excluding hydrogens is 421 g/mol. The largest absolute Gasteiger partial charge is 0.465 e. The summed E-state index contributed by atoms with van der Waals surface area (Å²) in [4.78, 5) is 11.5. The van der Waals surface area contributed by atoms with E-state index < -0.39 is 22.0 Å². The highest BCUT2D eigenvalue weighted by Gasteiger charge is 2.33. The third-order valence-corrected chi connectivity index (χ3v) is 6.17. The highest BCUT2D eigenvalue weighted by Crippen LogP contribution is 2.24. The Morgan fingerprint density at radius 2 is 2.00 bits per heavy atom. The number of rotatable bonds is 6. The van der Waals surface area contributed by atoms with E-state index in [4.69, 9.17) is 0 Å². The second-order valence-electron chi connectivity index (χ2n) is 6.37. The number of carbonyl (C=O) groups is 1. The summed E-state index contributed by atoms with van der Waals surface area (Å²) in [7, 11) is -2.63. The van der Waals surface area contributed by atoms with Crippen LogP contribution in [-0.2, 0) is 21.5 Å². The van der Waals surface area contributed by atoms with Crippen LogP contribution in [0, 0.1) is 5.82 Å².